The third-order valence-electron chi connectivity index (χ3n) is 4.32. The van der Waals surface area contributed by atoms with Crippen LogP contribution in [0.25, 0.3) is 17.2 Å². The third kappa shape index (κ3) is 4.22. The van der Waals surface area contributed by atoms with Gasteiger partial charge in [-0.15, -0.1) is 0 Å². The second kappa shape index (κ2) is 8.25. The molecule has 28 heavy (non-hydrogen) atoms. The lowest BCUT2D eigenvalue weighted by Crippen LogP contribution is -2.19. The van der Waals surface area contributed by atoms with E-state index in [1.54, 1.807) is 0 Å². The van der Waals surface area contributed by atoms with Gasteiger partial charge in [0.05, 0.1) is 17.2 Å². The number of benzene rings is 3. The van der Waals surface area contributed by atoms with Gasteiger partial charge in [0.15, 0.2) is 5.17 Å². The highest BCUT2D eigenvalue weighted by atomic mass is 32.2. The molecule has 0 bridgehead atoms. The molecule has 1 fully saturated rings. The normalized spacial score (nSPS) is 16.5. The highest BCUT2D eigenvalue weighted by Crippen LogP contribution is 2.28. The Bertz CT molecular complexity index is 1040. The molecule has 1 heterocycles. The van der Waals surface area contributed by atoms with Gasteiger partial charge < -0.3 is 10.4 Å². The van der Waals surface area contributed by atoms with Crippen LogP contribution in [0, 0.1) is 0 Å². The van der Waals surface area contributed by atoms with Gasteiger partial charge in [0.2, 0.25) is 0 Å². The minimum Gasteiger partial charge on any atom is -0.392 e. The van der Waals surface area contributed by atoms with Gasteiger partial charge in [0.25, 0.3) is 5.91 Å². The molecule has 5 heteroatoms. The molecule has 0 atom stereocenters. The van der Waals surface area contributed by atoms with Crippen molar-refractivity contribution in [3.63, 3.8) is 0 Å². The standard InChI is InChI=1S/C23H18N2O2S/c26-15-17-8-12-19(13-9-17)18-10-6-16(7-11-18)14-21-22(27)25-23(28-21)24-20-4-2-1-3-5-20/h1-14,26H,15H2,(H,24,25,27). The Kier molecular flexibility index (Phi) is 5.37. The average molecular weight is 386 g/mol. The number of aliphatic hydroxyl groups is 1. The number of hydrogen-bond donors (Lipinski definition) is 2. The predicted octanol–water partition coefficient (Wildman–Crippen LogP) is 4.74. The van der Waals surface area contributed by atoms with E-state index in [0.717, 1.165) is 27.9 Å². The van der Waals surface area contributed by atoms with Crippen molar-refractivity contribution in [3.8, 4) is 11.1 Å². The van der Waals surface area contributed by atoms with Gasteiger partial charge in [0, 0.05) is 0 Å². The highest BCUT2D eigenvalue weighted by Gasteiger charge is 2.23. The summed E-state index contributed by atoms with van der Waals surface area (Å²) in [5.41, 5.74) is 4.82. The Hall–Kier alpha value is -3.15. The van der Waals surface area contributed by atoms with Crippen molar-refractivity contribution in [1.29, 1.82) is 0 Å². The maximum atomic E-state index is 12.2. The number of carbonyl (C=O) groups excluding carboxylic acids is 1. The maximum absolute atomic E-state index is 12.2. The van der Waals surface area contributed by atoms with E-state index < -0.39 is 0 Å². The number of amidine groups is 1. The van der Waals surface area contributed by atoms with Crippen LogP contribution >= 0.6 is 11.8 Å². The molecule has 0 radical (unpaired) electrons. The predicted molar refractivity (Wildman–Crippen MR) is 115 cm³/mol. The number of hydrogen-bond acceptors (Lipinski definition) is 4. The molecule has 1 amide bonds. The van der Waals surface area contributed by atoms with Crippen LogP contribution in [0.1, 0.15) is 11.1 Å². The van der Waals surface area contributed by atoms with E-state index in [9.17, 15) is 4.79 Å². The Morgan fingerprint density at radius 2 is 1.54 bits per heavy atom. The molecule has 3 aromatic rings. The molecule has 0 aromatic heterocycles. The summed E-state index contributed by atoms with van der Waals surface area (Å²) in [4.78, 5) is 17.3. The van der Waals surface area contributed by atoms with E-state index in [1.807, 2.05) is 84.9 Å². The number of nitrogens with one attached hydrogen (secondary N) is 1. The Morgan fingerprint density at radius 1 is 0.893 bits per heavy atom. The minimum absolute atomic E-state index is 0.0437. The highest BCUT2D eigenvalue weighted by molar-refractivity contribution is 8.18. The van der Waals surface area contributed by atoms with Crippen LogP contribution in [0.2, 0.25) is 0 Å². The molecule has 3 aromatic carbocycles. The summed E-state index contributed by atoms with van der Waals surface area (Å²) < 4.78 is 0. The maximum Gasteiger partial charge on any atom is 0.264 e. The summed E-state index contributed by atoms with van der Waals surface area (Å²) >= 11 is 1.34. The summed E-state index contributed by atoms with van der Waals surface area (Å²) in [6.07, 6.45) is 1.87. The minimum atomic E-state index is -0.136. The summed E-state index contributed by atoms with van der Waals surface area (Å²) in [6.45, 7) is 0.0437. The van der Waals surface area contributed by atoms with Crippen molar-refractivity contribution < 1.29 is 9.90 Å². The molecule has 4 rings (SSSR count). The smallest absolute Gasteiger partial charge is 0.264 e. The molecule has 1 aliphatic rings. The summed E-state index contributed by atoms with van der Waals surface area (Å²) in [7, 11) is 0. The first-order chi connectivity index (χ1) is 13.7. The van der Waals surface area contributed by atoms with E-state index in [1.165, 1.54) is 11.8 Å². The van der Waals surface area contributed by atoms with Gasteiger partial charge in [0.1, 0.15) is 0 Å². The molecule has 1 aliphatic heterocycles. The number of thioether (sulfide) groups is 1. The van der Waals surface area contributed by atoms with Crippen LogP contribution in [-0.4, -0.2) is 16.2 Å². The van der Waals surface area contributed by atoms with Crippen molar-refractivity contribution in [2.75, 3.05) is 0 Å². The lowest BCUT2D eigenvalue weighted by atomic mass is 10.0. The fraction of sp³-hybridized carbons (Fsp3) is 0.0435. The number of nitrogens with zero attached hydrogens (tertiary/aromatic N) is 1. The van der Waals surface area contributed by atoms with Gasteiger partial charge in [-0.25, -0.2) is 4.99 Å². The first-order valence-corrected chi connectivity index (χ1v) is 9.68. The van der Waals surface area contributed by atoms with Crippen molar-refractivity contribution in [1.82, 2.24) is 5.32 Å². The number of amides is 1. The number of rotatable bonds is 4. The van der Waals surface area contributed by atoms with Crippen molar-refractivity contribution >= 4 is 34.6 Å². The van der Waals surface area contributed by atoms with Gasteiger partial charge in [-0.3, -0.25) is 4.79 Å². The third-order valence-corrected chi connectivity index (χ3v) is 5.23. The molecule has 0 unspecified atom stereocenters. The first kappa shape index (κ1) is 18.2. The Labute approximate surface area is 167 Å². The zero-order chi connectivity index (χ0) is 19.3. The number of aliphatic hydroxyl groups excluding tert-OH is 1. The summed E-state index contributed by atoms with van der Waals surface area (Å²) in [5.74, 6) is -0.136. The number of carbonyl (C=O) groups is 1. The van der Waals surface area contributed by atoms with Crippen molar-refractivity contribution in [3.05, 3.63) is 94.9 Å². The molecular weight excluding hydrogens is 368 g/mol. The van der Waals surface area contributed by atoms with E-state index in [-0.39, 0.29) is 12.5 Å². The first-order valence-electron chi connectivity index (χ1n) is 8.86. The Morgan fingerprint density at radius 3 is 2.18 bits per heavy atom. The van der Waals surface area contributed by atoms with Crippen molar-refractivity contribution in [2.24, 2.45) is 4.99 Å². The number of aliphatic imine (C=N–C) groups is 1. The lowest BCUT2D eigenvalue weighted by Gasteiger charge is -2.04. The number of para-hydroxylation sites is 1. The molecule has 1 saturated heterocycles. The fourth-order valence-corrected chi connectivity index (χ4v) is 3.67. The quantitative estimate of drug-likeness (QED) is 0.637. The van der Waals surface area contributed by atoms with Crippen molar-refractivity contribution in [2.45, 2.75) is 6.61 Å². The SMILES string of the molecule is O=C1NC(=Nc2ccccc2)SC1=Cc1ccc(-c2ccc(CO)cc2)cc1. The molecular formula is C23H18N2O2S. The molecule has 2 N–H and O–H groups in total. The zero-order valence-electron chi connectivity index (χ0n) is 15.0. The average Bonchev–Trinajstić information content (AvgIpc) is 3.08. The fourth-order valence-electron chi connectivity index (χ4n) is 2.83. The lowest BCUT2D eigenvalue weighted by molar-refractivity contribution is -0.115. The summed E-state index contributed by atoms with van der Waals surface area (Å²) in [5, 5.41) is 12.5. The second-order valence-electron chi connectivity index (χ2n) is 6.29. The topological polar surface area (TPSA) is 61.7 Å². The molecule has 4 nitrogen and oxygen atoms in total. The summed E-state index contributed by atoms with van der Waals surface area (Å²) in [6, 6.07) is 25.4. The van der Waals surface area contributed by atoms with E-state index >= 15 is 0 Å². The van der Waals surface area contributed by atoms with Crippen LogP contribution in [0.3, 0.4) is 0 Å². The van der Waals surface area contributed by atoms with Gasteiger partial charge in [-0.2, -0.15) is 0 Å². The Balaban J connectivity index is 1.51. The molecule has 0 aliphatic carbocycles. The van der Waals surface area contributed by atoms with Gasteiger partial charge in [-0.1, -0.05) is 66.7 Å². The van der Waals surface area contributed by atoms with Gasteiger partial charge in [-0.05, 0) is 52.2 Å². The van der Waals surface area contributed by atoms with Crippen LogP contribution in [-0.2, 0) is 11.4 Å². The van der Waals surface area contributed by atoms with Gasteiger partial charge >= 0.3 is 0 Å². The van der Waals surface area contributed by atoms with E-state index in [0.29, 0.717) is 10.1 Å². The molecule has 138 valence electrons. The molecule has 0 saturated carbocycles. The van der Waals surface area contributed by atoms with Crippen LogP contribution in [0.5, 0.6) is 0 Å². The zero-order valence-corrected chi connectivity index (χ0v) is 15.8. The van der Waals surface area contributed by atoms with E-state index in [4.69, 9.17) is 5.11 Å². The largest absolute Gasteiger partial charge is 0.392 e. The van der Waals surface area contributed by atoms with Crippen LogP contribution in [0.15, 0.2) is 88.8 Å². The monoisotopic (exact) mass is 386 g/mol. The molecule has 0 spiro atoms. The second-order valence-corrected chi connectivity index (χ2v) is 7.32. The van der Waals surface area contributed by atoms with E-state index in [2.05, 4.69) is 10.3 Å². The van der Waals surface area contributed by atoms with Crippen LogP contribution in [0.4, 0.5) is 5.69 Å². The van der Waals surface area contributed by atoms with Crippen LogP contribution < -0.4 is 5.32 Å².